The number of H-pyrrole nitrogens is 1. The van der Waals surface area contributed by atoms with Crippen LogP contribution in [-0.4, -0.2) is 21.2 Å². The van der Waals surface area contributed by atoms with Crippen LogP contribution in [-0.2, 0) is 13.2 Å². The maximum atomic E-state index is 12.5. The van der Waals surface area contributed by atoms with E-state index in [1.54, 1.807) is 12.1 Å². The van der Waals surface area contributed by atoms with Gasteiger partial charge in [0.2, 0.25) is 0 Å². The van der Waals surface area contributed by atoms with Gasteiger partial charge in [-0.05, 0) is 23.3 Å². The summed E-state index contributed by atoms with van der Waals surface area (Å²) >= 11 is 5.90. The second-order valence-electron chi connectivity index (χ2n) is 5.28. The molecule has 2 aromatic carbocycles. The standard InChI is InChI=1S/C18H16ClN3O2/c19-15-7-5-12(6-8-15)17-16(10-21-22-17)18(24)20-9-13-3-1-2-4-14(13)11-23/h1-8,10,23H,9,11H2,(H,20,24)(H,21,22). The van der Waals surface area contributed by atoms with Crippen molar-refractivity contribution in [3.63, 3.8) is 0 Å². The average Bonchev–Trinajstić information content (AvgIpc) is 3.10. The molecule has 1 heterocycles. The number of carbonyl (C=O) groups is 1. The van der Waals surface area contributed by atoms with Crippen LogP contribution in [0, 0.1) is 0 Å². The highest BCUT2D eigenvalue weighted by Crippen LogP contribution is 2.23. The average molecular weight is 342 g/mol. The van der Waals surface area contributed by atoms with E-state index in [-0.39, 0.29) is 12.5 Å². The number of nitrogens with zero attached hydrogens (tertiary/aromatic N) is 1. The highest BCUT2D eigenvalue weighted by Gasteiger charge is 2.15. The minimum atomic E-state index is -0.235. The zero-order chi connectivity index (χ0) is 16.9. The first-order valence-electron chi connectivity index (χ1n) is 7.44. The summed E-state index contributed by atoms with van der Waals surface area (Å²) in [4.78, 5) is 12.5. The predicted molar refractivity (Wildman–Crippen MR) is 92.6 cm³/mol. The molecule has 3 aromatic rings. The van der Waals surface area contributed by atoms with Gasteiger partial charge in [-0.1, -0.05) is 48.0 Å². The predicted octanol–water partition coefficient (Wildman–Crippen LogP) is 3.15. The van der Waals surface area contributed by atoms with E-state index >= 15 is 0 Å². The molecule has 0 atom stereocenters. The number of aliphatic hydroxyl groups is 1. The summed E-state index contributed by atoms with van der Waals surface area (Å²) in [6.07, 6.45) is 1.50. The van der Waals surface area contributed by atoms with Crippen LogP contribution in [0.15, 0.2) is 54.7 Å². The van der Waals surface area contributed by atoms with Crippen molar-refractivity contribution < 1.29 is 9.90 Å². The quantitative estimate of drug-likeness (QED) is 0.667. The number of hydrogen-bond acceptors (Lipinski definition) is 3. The van der Waals surface area contributed by atoms with Crippen molar-refractivity contribution in [2.24, 2.45) is 0 Å². The SMILES string of the molecule is O=C(NCc1ccccc1CO)c1cn[nH]c1-c1ccc(Cl)cc1. The van der Waals surface area contributed by atoms with Crippen LogP contribution in [0.1, 0.15) is 21.5 Å². The molecule has 0 saturated heterocycles. The van der Waals surface area contributed by atoms with Gasteiger partial charge >= 0.3 is 0 Å². The van der Waals surface area contributed by atoms with Gasteiger partial charge in [0, 0.05) is 17.1 Å². The number of aromatic nitrogens is 2. The number of amides is 1. The van der Waals surface area contributed by atoms with Gasteiger partial charge < -0.3 is 10.4 Å². The van der Waals surface area contributed by atoms with Crippen LogP contribution in [0.25, 0.3) is 11.3 Å². The van der Waals surface area contributed by atoms with Gasteiger partial charge in [-0.3, -0.25) is 9.89 Å². The van der Waals surface area contributed by atoms with E-state index < -0.39 is 0 Å². The van der Waals surface area contributed by atoms with E-state index in [0.717, 1.165) is 16.7 Å². The number of carbonyl (C=O) groups excluding carboxylic acids is 1. The molecule has 0 spiro atoms. The van der Waals surface area contributed by atoms with Crippen LogP contribution in [0.2, 0.25) is 5.02 Å². The smallest absolute Gasteiger partial charge is 0.255 e. The molecule has 0 radical (unpaired) electrons. The van der Waals surface area contributed by atoms with Crippen molar-refractivity contribution in [2.75, 3.05) is 0 Å². The molecule has 0 fully saturated rings. The van der Waals surface area contributed by atoms with E-state index in [1.807, 2.05) is 36.4 Å². The Morgan fingerprint density at radius 2 is 1.83 bits per heavy atom. The molecular formula is C18H16ClN3O2. The summed E-state index contributed by atoms with van der Waals surface area (Å²) in [5, 5.41) is 19.7. The third-order valence-corrected chi connectivity index (χ3v) is 4.00. The van der Waals surface area contributed by atoms with Crippen LogP contribution < -0.4 is 5.32 Å². The van der Waals surface area contributed by atoms with Crippen LogP contribution in [0.3, 0.4) is 0 Å². The second kappa shape index (κ2) is 7.29. The second-order valence-corrected chi connectivity index (χ2v) is 5.71. The number of aliphatic hydroxyl groups excluding tert-OH is 1. The van der Waals surface area contributed by atoms with Crippen molar-refractivity contribution in [1.82, 2.24) is 15.5 Å². The Hall–Kier alpha value is -2.63. The minimum Gasteiger partial charge on any atom is -0.392 e. The lowest BCUT2D eigenvalue weighted by molar-refractivity contribution is 0.0951. The molecule has 1 amide bonds. The fourth-order valence-corrected chi connectivity index (χ4v) is 2.58. The number of aromatic amines is 1. The van der Waals surface area contributed by atoms with E-state index in [9.17, 15) is 9.90 Å². The number of halogens is 1. The lowest BCUT2D eigenvalue weighted by atomic mass is 10.1. The molecule has 3 N–H and O–H groups in total. The molecule has 0 aliphatic carbocycles. The van der Waals surface area contributed by atoms with Crippen molar-refractivity contribution in [2.45, 2.75) is 13.2 Å². The third-order valence-electron chi connectivity index (χ3n) is 3.74. The lowest BCUT2D eigenvalue weighted by Gasteiger charge is -2.09. The monoisotopic (exact) mass is 341 g/mol. The first kappa shape index (κ1) is 16.2. The number of nitrogens with one attached hydrogen (secondary N) is 2. The molecule has 0 aliphatic rings. The fraction of sp³-hybridized carbons (Fsp3) is 0.111. The largest absolute Gasteiger partial charge is 0.392 e. The summed E-state index contributed by atoms with van der Waals surface area (Å²) in [5.74, 6) is -0.235. The van der Waals surface area contributed by atoms with Crippen molar-refractivity contribution >= 4 is 17.5 Å². The highest BCUT2D eigenvalue weighted by molar-refractivity contribution is 6.30. The van der Waals surface area contributed by atoms with Gasteiger partial charge in [0.1, 0.15) is 0 Å². The van der Waals surface area contributed by atoms with E-state index in [4.69, 9.17) is 11.6 Å². The molecule has 0 saturated carbocycles. The minimum absolute atomic E-state index is 0.0617. The summed E-state index contributed by atoms with van der Waals surface area (Å²) < 4.78 is 0. The molecule has 3 rings (SSSR count). The highest BCUT2D eigenvalue weighted by atomic mass is 35.5. The van der Waals surface area contributed by atoms with Gasteiger partial charge in [0.25, 0.3) is 5.91 Å². The van der Waals surface area contributed by atoms with Crippen LogP contribution in [0.4, 0.5) is 0 Å². The van der Waals surface area contributed by atoms with Gasteiger partial charge in [0.05, 0.1) is 24.1 Å². The van der Waals surface area contributed by atoms with Crippen molar-refractivity contribution in [3.05, 3.63) is 76.4 Å². The summed E-state index contributed by atoms with van der Waals surface area (Å²) in [7, 11) is 0. The lowest BCUT2D eigenvalue weighted by Crippen LogP contribution is -2.23. The zero-order valence-corrected chi connectivity index (χ0v) is 13.5. The summed E-state index contributed by atoms with van der Waals surface area (Å²) in [6.45, 7) is 0.272. The Bertz CT molecular complexity index is 843. The summed E-state index contributed by atoms with van der Waals surface area (Å²) in [5.41, 5.74) is 3.60. The maximum absolute atomic E-state index is 12.5. The van der Waals surface area contributed by atoms with E-state index in [2.05, 4.69) is 15.5 Å². The molecule has 0 aliphatic heterocycles. The topological polar surface area (TPSA) is 78.0 Å². The number of rotatable bonds is 5. The fourth-order valence-electron chi connectivity index (χ4n) is 2.45. The Morgan fingerprint density at radius 1 is 1.12 bits per heavy atom. The zero-order valence-electron chi connectivity index (χ0n) is 12.8. The Morgan fingerprint density at radius 3 is 2.54 bits per heavy atom. The molecule has 24 heavy (non-hydrogen) atoms. The van der Waals surface area contributed by atoms with Crippen LogP contribution in [0.5, 0.6) is 0 Å². The third kappa shape index (κ3) is 3.48. The van der Waals surface area contributed by atoms with Crippen molar-refractivity contribution in [3.8, 4) is 11.3 Å². The van der Waals surface area contributed by atoms with Gasteiger partial charge in [0.15, 0.2) is 0 Å². The molecule has 1 aromatic heterocycles. The molecule has 6 heteroatoms. The normalized spacial score (nSPS) is 10.6. The van der Waals surface area contributed by atoms with Gasteiger partial charge in [-0.2, -0.15) is 5.10 Å². The van der Waals surface area contributed by atoms with Gasteiger partial charge in [-0.25, -0.2) is 0 Å². The number of hydrogen-bond donors (Lipinski definition) is 3. The first-order valence-corrected chi connectivity index (χ1v) is 7.82. The Kier molecular flexibility index (Phi) is 4.93. The molecular weight excluding hydrogens is 326 g/mol. The molecule has 5 nitrogen and oxygen atoms in total. The molecule has 0 unspecified atom stereocenters. The molecule has 0 bridgehead atoms. The first-order chi connectivity index (χ1) is 11.7. The van der Waals surface area contributed by atoms with Crippen molar-refractivity contribution in [1.29, 1.82) is 0 Å². The number of benzene rings is 2. The Balaban J connectivity index is 1.77. The molecule has 122 valence electrons. The maximum Gasteiger partial charge on any atom is 0.255 e. The Labute approximate surface area is 144 Å². The summed E-state index contributed by atoms with van der Waals surface area (Å²) in [6, 6.07) is 14.6. The van der Waals surface area contributed by atoms with Crippen LogP contribution >= 0.6 is 11.6 Å². The van der Waals surface area contributed by atoms with E-state index in [0.29, 0.717) is 22.8 Å². The van der Waals surface area contributed by atoms with E-state index in [1.165, 1.54) is 6.20 Å². The van der Waals surface area contributed by atoms with Gasteiger partial charge in [-0.15, -0.1) is 0 Å².